The third-order valence-electron chi connectivity index (χ3n) is 5.62. The summed E-state index contributed by atoms with van der Waals surface area (Å²) in [7, 11) is 0. The van der Waals surface area contributed by atoms with Crippen LogP contribution in [0, 0.1) is 11.8 Å². The molecule has 11 heteroatoms. The second-order valence-electron chi connectivity index (χ2n) is 7.90. The molecule has 0 saturated heterocycles. The monoisotopic (exact) mass is 559 g/mol. The molecule has 4 rings (SSSR count). The van der Waals surface area contributed by atoms with Crippen LogP contribution in [0.15, 0.2) is 30.3 Å². The Balaban J connectivity index is 1.50. The molecule has 2 aromatic rings. The minimum atomic E-state index is -2.81. The van der Waals surface area contributed by atoms with Crippen molar-refractivity contribution < 1.29 is 18.4 Å². The van der Waals surface area contributed by atoms with E-state index in [-0.39, 0.29) is 44.2 Å². The molecule has 2 saturated carbocycles. The first-order valence-electron chi connectivity index (χ1n) is 9.36. The van der Waals surface area contributed by atoms with Gasteiger partial charge in [-0.25, -0.2) is 8.78 Å². The number of nitrogens with one attached hydrogen (secondary N) is 1. The quantitative estimate of drug-likeness (QED) is 0.220. The van der Waals surface area contributed by atoms with Crippen molar-refractivity contribution >= 4 is 87.0 Å². The molecule has 3 atom stereocenters. The fraction of sp³-hybridized carbons (Fsp3) is 0.333. The van der Waals surface area contributed by atoms with Crippen molar-refractivity contribution in [3.05, 3.63) is 61.5 Å². The van der Waals surface area contributed by atoms with Crippen LogP contribution in [0.2, 0.25) is 20.1 Å². The Labute approximate surface area is 212 Å². The largest absolute Gasteiger partial charge is 0.326 e. The highest BCUT2D eigenvalue weighted by Crippen LogP contribution is 2.65. The SMILES string of the molecule is O=C(CC1CC1(F)F)c1cc(NC(=O)C2C(c3cc(Cl)c(Cl)c(Cl)c3)C2(Cl)Cl)ccc1Cl. The predicted octanol–water partition coefficient (Wildman–Crippen LogP) is 8.05. The van der Waals surface area contributed by atoms with E-state index < -0.39 is 39.7 Å². The predicted molar refractivity (Wildman–Crippen MR) is 124 cm³/mol. The summed E-state index contributed by atoms with van der Waals surface area (Å²) < 4.78 is 24.9. The molecule has 3 nitrogen and oxygen atoms in total. The molecule has 0 spiro atoms. The van der Waals surface area contributed by atoms with Gasteiger partial charge in [-0.15, -0.1) is 23.2 Å². The van der Waals surface area contributed by atoms with Gasteiger partial charge in [-0.3, -0.25) is 9.59 Å². The summed E-state index contributed by atoms with van der Waals surface area (Å²) in [6, 6.07) is 7.33. The number of alkyl halides is 4. The van der Waals surface area contributed by atoms with Gasteiger partial charge in [0.2, 0.25) is 5.91 Å². The number of rotatable bonds is 6. The van der Waals surface area contributed by atoms with E-state index in [0.29, 0.717) is 5.56 Å². The number of amides is 1. The van der Waals surface area contributed by atoms with Crippen LogP contribution in [0.25, 0.3) is 0 Å². The van der Waals surface area contributed by atoms with Crippen LogP contribution in [0.1, 0.15) is 34.7 Å². The number of hydrogen-bond acceptors (Lipinski definition) is 2. The van der Waals surface area contributed by atoms with Crippen molar-refractivity contribution in [3.63, 3.8) is 0 Å². The molecule has 2 aromatic carbocycles. The summed E-state index contributed by atoms with van der Waals surface area (Å²) in [5.74, 6) is -6.25. The summed E-state index contributed by atoms with van der Waals surface area (Å²) in [6.07, 6.45) is -0.637. The van der Waals surface area contributed by atoms with Crippen molar-refractivity contribution in [2.24, 2.45) is 11.8 Å². The zero-order valence-corrected chi connectivity index (χ0v) is 20.4. The highest BCUT2D eigenvalue weighted by molar-refractivity contribution is 6.54. The number of halogens is 8. The van der Waals surface area contributed by atoms with Gasteiger partial charge in [0.1, 0.15) is 4.33 Å². The van der Waals surface area contributed by atoms with Gasteiger partial charge in [-0.05, 0) is 35.9 Å². The van der Waals surface area contributed by atoms with Crippen LogP contribution in [0.4, 0.5) is 14.5 Å². The molecule has 170 valence electrons. The number of carbonyl (C=O) groups is 2. The Morgan fingerprint density at radius 3 is 2.16 bits per heavy atom. The molecule has 3 unspecified atom stereocenters. The summed E-state index contributed by atoms with van der Waals surface area (Å²) >= 11 is 36.9. The fourth-order valence-electron chi connectivity index (χ4n) is 3.68. The van der Waals surface area contributed by atoms with Crippen molar-refractivity contribution in [1.82, 2.24) is 0 Å². The lowest BCUT2D eigenvalue weighted by Crippen LogP contribution is -2.17. The first-order valence-corrected chi connectivity index (χ1v) is 11.6. The van der Waals surface area contributed by atoms with Crippen LogP contribution >= 0.6 is 69.6 Å². The zero-order valence-electron chi connectivity index (χ0n) is 15.9. The minimum Gasteiger partial charge on any atom is -0.326 e. The zero-order chi connectivity index (χ0) is 23.6. The molecule has 0 heterocycles. The lowest BCUT2D eigenvalue weighted by molar-refractivity contribution is -0.117. The normalized spacial score (nSPS) is 24.7. The van der Waals surface area contributed by atoms with Crippen LogP contribution in [-0.2, 0) is 4.79 Å². The summed E-state index contributed by atoms with van der Waals surface area (Å²) in [6.45, 7) is 0. The van der Waals surface area contributed by atoms with Crippen molar-refractivity contribution in [2.75, 3.05) is 5.32 Å². The Morgan fingerprint density at radius 1 is 1.00 bits per heavy atom. The summed E-state index contributed by atoms with van der Waals surface area (Å²) in [4.78, 5) is 25.3. The molecular weight excluding hydrogens is 549 g/mol. The molecule has 1 amide bonds. The van der Waals surface area contributed by atoms with E-state index in [1.807, 2.05) is 0 Å². The third kappa shape index (κ3) is 4.57. The van der Waals surface area contributed by atoms with E-state index in [4.69, 9.17) is 69.6 Å². The van der Waals surface area contributed by atoms with Crippen LogP contribution < -0.4 is 5.32 Å². The van der Waals surface area contributed by atoms with Crippen LogP contribution in [0.5, 0.6) is 0 Å². The molecular formula is C21H13Cl6F2NO2. The minimum absolute atomic E-state index is 0.0544. The smallest absolute Gasteiger partial charge is 0.252 e. The maximum absolute atomic E-state index is 13.2. The number of hydrogen-bond donors (Lipinski definition) is 1. The molecule has 1 N–H and O–H groups in total. The van der Waals surface area contributed by atoms with Gasteiger partial charge in [0.15, 0.2) is 5.78 Å². The van der Waals surface area contributed by atoms with Crippen molar-refractivity contribution in [2.45, 2.75) is 29.0 Å². The molecule has 0 aromatic heterocycles. The molecule has 2 aliphatic carbocycles. The third-order valence-corrected chi connectivity index (χ3v) is 8.09. The highest BCUT2D eigenvalue weighted by atomic mass is 35.5. The Kier molecular flexibility index (Phi) is 6.41. The molecule has 32 heavy (non-hydrogen) atoms. The molecule has 0 aliphatic heterocycles. The van der Waals surface area contributed by atoms with Gasteiger partial charge in [0.05, 0.1) is 26.0 Å². The topological polar surface area (TPSA) is 46.2 Å². The van der Waals surface area contributed by atoms with Gasteiger partial charge in [0.25, 0.3) is 5.92 Å². The maximum Gasteiger partial charge on any atom is 0.252 e. The van der Waals surface area contributed by atoms with Gasteiger partial charge < -0.3 is 5.32 Å². The van der Waals surface area contributed by atoms with E-state index >= 15 is 0 Å². The molecule has 2 fully saturated rings. The summed E-state index contributed by atoms with van der Waals surface area (Å²) in [5, 5.41) is 3.33. The van der Waals surface area contributed by atoms with Crippen LogP contribution in [0.3, 0.4) is 0 Å². The van der Waals surface area contributed by atoms with Gasteiger partial charge in [0, 0.05) is 35.9 Å². The number of ketones is 1. The van der Waals surface area contributed by atoms with E-state index in [1.54, 1.807) is 12.1 Å². The first kappa shape index (κ1) is 24.3. The molecule has 0 bridgehead atoms. The second-order valence-corrected chi connectivity index (χ2v) is 10.9. The Bertz CT molecular complexity index is 1120. The van der Waals surface area contributed by atoms with E-state index in [1.165, 1.54) is 18.2 Å². The van der Waals surface area contributed by atoms with Crippen molar-refractivity contribution in [3.8, 4) is 0 Å². The highest BCUT2D eigenvalue weighted by Gasteiger charge is 2.67. The molecule has 0 radical (unpaired) electrons. The van der Waals surface area contributed by atoms with E-state index in [2.05, 4.69) is 5.32 Å². The average Bonchev–Trinajstić information content (AvgIpc) is 3.50. The van der Waals surface area contributed by atoms with Gasteiger partial charge >= 0.3 is 0 Å². The van der Waals surface area contributed by atoms with E-state index in [0.717, 1.165) is 0 Å². The first-order chi connectivity index (χ1) is 14.8. The standard InChI is InChI=1S/C21H13Cl6F2NO2/c22-12-2-1-10(6-11(12)15(31)5-9-7-20(9,28)29)30-19(32)17-16(21(17,26)27)8-3-13(23)18(25)14(24)4-8/h1-4,6,9,16-17H,5,7H2,(H,30,32). The number of anilines is 1. The lowest BCUT2D eigenvalue weighted by Gasteiger charge is -2.09. The van der Waals surface area contributed by atoms with Crippen LogP contribution in [-0.4, -0.2) is 21.9 Å². The van der Waals surface area contributed by atoms with Gasteiger partial charge in [-0.2, -0.15) is 0 Å². The Morgan fingerprint density at radius 2 is 1.59 bits per heavy atom. The second kappa shape index (κ2) is 8.44. The number of Topliss-reactive ketones (excluding diaryl/α,β-unsaturated/α-hetero) is 1. The van der Waals surface area contributed by atoms with E-state index in [9.17, 15) is 18.4 Å². The van der Waals surface area contributed by atoms with Crippen molar-refractivity contribution in [1.29, 1.82) is 0 Å². The fourth-order valence-corrected chi connectivity index (χ4v) is 5.35. The Hall–Kier alpha value is -0.820. The average molecular weight is 562 g/mol. The lowest BCUT2D eigenvalue weighted by atomic mass is 10.0. The maximum atomic E-state index is 13.2. The summed E-state index contributed by atoms with van der Waals surface area (Å²) in [5.41, 5.74) is 0.859. The number of carbonyl (C=O) groups excluding carboxylic acids is 2. The molecule has 2 aliphatic rings. The number of benzene rings is 2. The van der Waals surface area contributed by atoms with Gasteiger partial charge in [-0.1, -0.05) is 46.4 Å².